The van der Waals surface area contributed by atoms with Crippen LogP contribution in [0.5, 0.6) is 0 Å². The molecule has 1 aliphatic heterocycles. The normalized spacial score (nSPS) is 20.2. The first-order chi connectivity index (χ1) is 12.7. The van der Waals surface area contributed by atoms with Crippen LogP contribution >= 0.6 is 0 Å². The van der Waals surface area contributed by atoms with Crippen molar-refractivity contribution in [2.75, 3.05) is 13.1 Å². The molecule has 142 valence electrons. The van der Waals surface area contributed by atoms with Gasteiger partial charge in [-0.2, -0.15) is 5.10 Å². The van der Waals surface area contributed by atoms with E-state index in [1.807, 2.05) is 10.8 Å². The summed E-state index contributed by atoms with van der Waals surface area (Å²) in [7, 11) is 0. The molecule has 1 aliphatic carbocycles. The van der Waals surface area contributed by atoms with Gasteiger partial charge in [0.25, 0.3) is 5.56 Å². The summed E-state index contributed by atoms with van der Waals surface area (Å²) in [6, 6.07) is 0.497. The van der Waals surface area contributed by atoms with Gasteiger partial charge in [0.1, 0.15) is 5.65 Å². The zero-order valence-electron chi connectivity index (χ0n) is 16.1. The van der Waals surface area contributed by atoms with E-state index in [2.05, 4.69) is 29.2 Å². The highest BCUT2D eigenvalue weighted by molar-refractivity contribution is 5.81. The van der Waals surface area contributed by atoms with Gasteiger partial charge in [-0.25, -0.2) is 4.68 Å². The molecule has 1 fully saturated rings. The molecule has 6 nitrogen and oxygen atoms in total. The lowest BCUT2D eigenvalue weighted by molar-refractivity contribution is 0.447. The van der Waals surface area contributed by atoms with E-state index < -0.39 is 0 Å². The second-order valence-corrected chi connectivity index (χ2v) is 8.02. The fourth-order valence-electron chi connectivity index (χ4n) is 4.48. The van der Waals surface area contributed by atoms with Crippen LogP contribution in [0.25, 0.3) is 11.0 Å². The third kappa shape index (κ3) is 3.21. The quantitative estimate of drug-likeness (QED) is 0.779. The van der Waals surface area contributed by atoms with Crippen LogP contribution < -0.4 is 16.2 Å². The van der Waals surface area contributed by atoms with Crippen LogP contribution in [0.1, 0.15) is 63.2 Å². The molecular formula is C20H31N5O. The van der Waals surface area contributed by atoms with Gasteiger partial charge in [0, 0.05) is 23.5 Å². The summed E-state index contributed by atoms with van der Waals surface area (Å²) in [6.45, 7) is 7.13. The van der Waals surface area contributed by atoms with Gasteiger partial charge in [0.15, 0.2) is 0 Å². The molecule has 6 heteroatoms. The first-order valence-electron chi connectivity index (χ1n) is 10.3. The van der Waals surface area contributed by atoms with Gasteiger partial charge in [0.2, 0.25) is 0 Å². The van der Waals surface area contributed by atoms with Crippen LogP contribution in [0.2, 0.25) is 0 Å². The molecule has 2 aromatic heterocycles. The maximum atomic E-state index is 13.4. The Morgan fingerprint density at radius 2 is 2.08 bits per heavy atom. The van der Waals surface area contributed by atoms with Crippen molar-refractivity contribution in [1.82, 2.24) is 25.0 Å². The van der Waals surface area contributed by atoms with Crippen molar-refractivity contribution in [3.05, 3.63) is 27.7 Å². The Morgan fingerprint density at radius 3 is 2.81 bits per heavy atom. The second kappa shape index (κ2) is 7.53. The molecule has 1 saturated heterocycles. The largest absolute Gasteiger partial charge is 0.314 e. The number of aromatic nitrogens is 3. The second-order valence-electron chi connectivity index (χ2n) is 8.02. The van der Waals surface area contributed by atoms with Crippen LogP contribution in [0, 0.1) is 0 Å². The number of fused-ring (bicyclic) bond motifs is 3. The molecule has 0 spiro atoms. The van der Waals surface area contributed by atoms with Gasteiger partial charge in [0.05, 0.1) is 12.4 Å². The summed E-state index contributed by atoms with van der Waals surface area (Å²) < 4.78 is 4.09. The van der Waals surface area contributed by atoms with Gasteiger partial charge >= 0.3 is 0 Å². The van der Waals surface area contributed by atoms with Crippen molar-refractivity contribution in [2.45, 2.75) is 77.5 Å². The molecule has 26 heavy (non-hydrogen) atoms. The number of rotatable bonds is 6. The number of hydrogen-bond acceptors (Lipinski definition) is 4. The summed E-state index contributed by atoms with van der Waals surface area (Å²) in [6.07, 6.45) is 9.51. The molecule has 2 N–H and O–H groups in total. The van der Waals surface area contributed by atoms with E-state index in [0.29, 0.717) is 6.04 Å². The average Bonchev–Trinajstić information content (AvgIpc) is 3.30. The molecule has 1 unspecified atom stereocenters. The predicted octanol–water partition coefficient (Wildman–Crippen LogP) is 2.35. The zero-order valence-corrected chi connectivity index (χ0v) is 16.1. The summed E-state index contributed by atoms with van der Waals surface area (Å²) in [5.41, 5.74) is 3.55. The lowest BCUT2D eigenvalue weighted by Crippen LogP contribution is -2.35. The molecule has 0 aromatic carbocycles. The van der Waals surface area contributed by atoms with Gasteiger partial charge in [-0.3, -0.25) is 14.7 Å². The molecule has 0 amide bonds. The molecule has 4 rings (SSSR count). The fourth-order valence-corrected chi connectivity index (χ4v) is 4.48. The summed E-state index contributed by atoms with van der Waals surface area (Å²) in [4.78, 5) is 13.4. The lowest BCUT2D eigenvalue weighted by Gasteiger charge is -2.23. The van der Waals surface area contributed by atoms with Crippen molar-refractivity contribution >= 4 is 11.0 Å². The van der Waals surface area contributed by atoms with Crippen LogP contribution in [0.4, 0.5) is 0 Å². The first kappa shape index (κ1) is 17.7. The Kier molecular flexibility index (Phi) is 5.14. The summed E-state index contributed by atoms with van der Waals surface area (Å²) in [5.74, 6) is 0. The number of nitrogens with zero attached hydrogens (tertiary/aromatic N) is 3. The Balaban J connectivity index is 1.76. The van der Waals surface area contributed by atoms with Crippen LogP contribution in [-0.4, -0.2) is 33.5 Å². The topological polar surface area (TPSA) is 63.9 Å². The smallest absolute Gasteiger partial charge is 0.256 e. The molecule has 2 aliphatic rings. The maximum absolute atomic E-state index is 13.4. The molecule has 0 saturated carbocycles. The number of pyridine rings is 1. The molecule has 1 atom stereocenters. The highest BCUT2D eigenvalue weighted by atomic mass is 16.1. The minimum atomic E-state index is 0.112. The zero-order chi connectivity index (χ0) is 18.1. The number of nitrogens with one attached hydrogen (secondary N) is 2. The van der Waals surface area contributed by atoms with E-state index in [4.69, 9.17) is 5.10 Å². The van der Waals surface area contributed by atoms with Crippen molar-refractivity contribution in [1.29, 1.82) is 0 Å². The minimum Gasteiger partial charge on any atom is -0.314 e. The monoisotopic (exact) mass is 357 g/mol. The first-order valence-corrected chi connectivity index (χ1v) is 10.3. The van der Waals surface area contributed by atoms with Crippen molar-refractivity contribution in [2.24, 2.45) is 0 Å². The maximum Gasteiger partial charge on any atom is 0.256 e. The predicted molar refractivity (Wildman–Crippen MR) is 105 cm³/mol. The van der Waals surface area contributed by atoms with Crippen LogP contribution in [0.15, 0.2) is 11.0 Å². The van der Waals surface area contributed by atoms with Gasteiger partial charge in [-0.15, -0.1) is 0 Å². The van der Waals surface area contributed by atoms with E-state index in [1.165, 1.54) is 17.4 Å². The third-order valence-electron chi connectivity index (χ3n) is 5.75. The Bertz CT molecular complexity index is 829. The summed E-state index contributed by atoms with van der Waals surface area (Å²) >= 11 is 0. The summed E-state index contributed by atoms with van der Waals surface area (Å²) in [5, 5.41) is 12.9. The van der Waals surface area contributed by atoms with Crippen molar-refractivity contribution in [3.8, 4) is 0 Å². The van der Waals surface area contributed by atoms with Crippen LogP contribution in [-0.2, 0) is 19.4 Å². The molecular weight excluding hydrogens is 326 g/mol. The minimum absolute atomic E-state index is 0.112. The van der Waals surface area contributed by atoms with E-state index >= 15 is 0 Å². The van der Waals surface area contributed by atoms with Gasteiger partial charge in [-0.05, 0) is 63.6 Å². The van der Waals surface area contributed by atoms with E-state index in [-0.39, 0.29) is 11.7 Å². The molecule has 3 heterocycles. The Morgan fingerprint density at radius 1 is 1.27 bits per heavy atom. The Labute approximate surface area is 155 Å². The van der Waals surface area contributed by atoms with Crippen molar-refractivity contribution in [3.63, 3.8) is 0 Å². The lowest BCUT2D eigenvalue weighted by atomic mass is 9.91. The third-order valence-corrected chi connectivity index (χ3v) is 5.75. The average molecular weight is 358 g/mol. The SMILES string of the molecule is CC(C)NCCCn1ncc2c3c(c(=O)n(C4CCCN4)c21)CCCC3. The molecule has 0 radical (unpaired) electrons. The van der Waals surface area contributed by atoms with Crippen molar-refractivity contribution < 1.29 is 0 Å². The van der Waals surface area contributed by atoms with E-state index in [0.717, 1.165) is 69.4 Å². The van der Waals surface area contributed by atoms with Gasteiger partial charge < -0.3 is 5.32 Å². The molecule has 0 bridgehead atoms. The standard InChI is InChI=1S/C20H31N5O/c1-14(2)21-11-6-12-24-19-17(13-23-24)15-7-3-4-8-16(15)20(26)25(19)18-9-5-10-22-18/h13-14,18,21-22H,3-12H2,1-2H3. The molecule has 2 aromatic rings. The number of aryl methyl sites for hydroxylation is 2. The fraction of sp³-hybridized carbons (Fsp3) is 0.700. The van der Waals surface area contributed by atoms with E-state index in [9.17, 15) is 4.79 Å². The van der Waals surface area contributed by atoms with E-state index in [1.54, 1.807) is 0 Å². The highest BCUT2D eigenvalue weighted by Crippen LogP contribution is 2.29. The highest BCUT2D eigenvalue weighted by Gasteiger charge is 2.27. The Hall–Kier alpha value is -1.66. The van der Waals surface area contributed by atoms with Crippen LogP contribution in [0.3, 0.4) is 0 Å². The number of hydrogen-bond donors (Lipinski definition) is 2. The van der Waals surface area contributed by atoms with Gasteiger partial charge in [-0.1, -0.05) is 13.8 Å².